The summed E-state index contributed by atoms with van der Waals surface area (Å²) in [5.41, 5.74) is 5.50. The Labute approximate surface area is 69.5 Å². The van der Waals surface area contributed by atoms with Crippen molar-refractivity contribution >= 4 is 11.9 Å². The van der Waals surface area contributed by atoms with Gasteiger partial charge in [-0.3, -0.25) is 9.59 Å². The van der Waals surface area contributed by atoms with Gasteiger partial charge in [0.05, 0.1) is 18.4 Å². The largest absolute Gasteiger partial charge is 0.481 e. The van der Waals surface area contributed by atoms with E-state index in [0.29, 0.717) is 0 Å². The van der Waals surface area contributed by atoms with Gasteiger partial charge in [0.1, 0.15) is 6.10 Å². The van der Waals surface area contributed by atoms with E-state index in [1.807, 2.05) is 0 Å². The van der Waals surface area contributed by atoms with Gasteiger partial charge in [0.2, 0.25) is 0 Å². The minimum Gasteiger partial charge on any atom is -0.481 e. The van der Waals surface area contributed by atoms with Crippen molar-refractivity contribution in [3.8, 4) is 0 Å². The molecule has 1 rings (SSSR count). The van der Waals surface area contributed by atoms with Gasteiger partial charge in [-0.15, -0.1) is 0 Å². The van der Waals surface area contributed by atoms with Crippen LogP contribution in [0.4, 0.5) is 0 Å². The highest BCUT2D eigenvalue weighted by Gasteiger charge is 2.38. The number of carbonyl (C=O) groups is 2. The van der Waals surface area contributed by atoms with Crippen LogP contribution in [0.25, 0.3) is 0 Å². The summed E-state index contributed by atoms with van der Waals surface area (Å²) in [6.07, 6.45) is -0.558. The highest BCUT2D eigenvalue weighted by molar-refractivity contribution is 5.76. The molecule has 68 valence electrons. The average molecular weight is 173 g/mol. The van der Waals surface area contributed by atoms with E-state index in [2.05, 4.69) is 0 Å². The summed E-state index contributed by atoms with van der Waals surface area (Å²) in [5.74, 6) is -2.14. The first-order valence-corrected chi connectivity index (χ1v) is 3.70. The number of carboxylic acid groups (broad SMARTS) is 1. The molecule has 1 aliphatic heterocycles. The first-order chi connectivity index (χ1) is 5.52. The molecular weight excluding hydrogens is 162 g/mol. The number of nitrogens with two attached hydrogens (primary N) is 1. The van der Waals surface area contributed by atoms with E-state index in [-0.39, 0.29) is 6.42 Å². The molecule has 0 radical (unpaired) electrons. The summed E-state index contributed by atoms with van der Waals surface area (Å²) < 4.78 is 4.75. The lowest BCUT2D eigenvalue weighted by Gasteiger charge is -2.17. The predicted octanol–water partition coefficient (Wildman–Crippen LogP) is -0.650. The Morgan fingerprint density at radius 2 is 2.42 bits per heavy atom. The SMILES string of the molecule is CC(C(=O)O)C1OC(=O)CC1N. The Hall–Kier alpha value is -1.10. The molecule has 0 aliphatic carbocycles. The number of rotatable bonds is 2. The smallest absolute Gasteiger partial charge is 0.310 e. The van der Waals surface area contributed by atoms with Crippen LogP contribution in [0.5, 0.6) is 0 Å². The zero-order chi connectivity index (χ0) is 9.30. The molecule has 0 spiro atoms. The number of carbonyl (C=O) groups excluding carboxylic acids is 1. The van der Waals surface area contributed by atoms with Crippen LogP contribution in [0.3, 0.4) is 0 Å². The first kappa shape index (κ1) is 8.99. The van der Waals surface area contributed by atoms with Crippen LogP contribution < -0.4 is 5.73 Å². The first-order valence-electron chi connectivity index (χ1n) is 3.70. The van der Waals surface area contributed by atoms with E-state index in [9.17, 15) is 9.59 Å². The summed E-state index contributed by atoms with van der Waals surface area (Å²) in [6.45, 7) is 1.48. The number of aliphatic carboxylic acids is 1. The molecule has 12 heavy (non-hydrogen) atoms. The van der Waals surface area contributed by atoms with Crippen LogP contribution in [0.2, 0.25) is 0 Å². The molecule has 3 N–H and O–H groups in total. The Morgan fingerprint density at radius 1 is 1.83 bits per heavy atom. The second-order valence-electron chi connectivity index (χ2n) is 2.95. The molecule has 0 aromatic carbocycles. The highest BCUT2D eigenvalue weighted by Crippen LogP contribution is 2.20. The molecule has 1 fully saturated rings. The summed E-state index contributed by atoms with van der Waals surface area (Å²) in [4.78, 5) is 21.2. The second-order valence-corrected chi connectivity index (χ2v) is 2.95. The molecule has 5 heteroatoms. The number of hydrogen-bond donors (Lipinski definition) is 2. The molecule has 1 aliphatic rings. The maximum absolute atomic E-state index is 10.7. The molecule has 3 unspecified atom stereocenters. The van der Waals surface area contributed by atoms with Crippen molar-refractivity contribution in [2.45, 2.75) is 25.5 Å². The van der Waals surface area contributed by atoms with Crippen LogP contribution in [0.1, 0.15) is 13.3 Å². The quantitative estimate of drug-likeness (QED) is 0.541. The Bertz CT molecular complexity index is 215. The van der Waals surface area contributed by atoms with Crippen molar-refractivity contribution in [3.05, 3.63) is 0 Å². The lowest BCUT2D eigenvalue weighted by molar-refractivity contribution is -0.151. The Morgan fingerprint density at radius 3 is 2.75 bits per heavy atom. The van der Waals surface area contributed by atoms with Gasteiger partial charge < -0.3 is 15.6 Å². The summed E-state index contributed by atoms with van der Waals surface area (Å²) in [7, 11) is 0. The summed E-state index contributed by atoms with van der Waals surface area (Å²) >= 11 is 0. The molecular formula is C7H11NO4. The van der Waals surface area contributed by atoms with Crippen molar-refractivity contribution < 1.29 is 19.4 Å². The lowest BCUT2D eigenvalue weighted by Crippen LogP contribution is -2.38. The molecule has 0 aromatic rings. The number of hydrogen-bond acceptors (Lipinski definition) is 4. The molecule has 0 aromatic heterocycles. The minimum absolute atomic E-state index is 0.113. The van der Waals surface area contributed by atoms with Gasteiger partial charge in [0, 0.05) is 0 Å². The van der Waals surface area contributed by atoms with Gasteiger partial charge in [-0.1, -0.05) is 0 Å². The zero-order valence-corrected chi connectivity index (χ0v) is 6.69. The molecule has 3 atom stereocenters. The molecule has 0 amide bonds. The number of cyclic esters (lactones) is 1. The second kappa shape index (κ2) is 3.10. The highest BCUT2D eigenvalue weighted by atomic mass is 16.6. The van der Waals surface area contributed by atoms with Crippen molar-refractivity contribution in [1.29, 1.82) is 0 Å². The number of esters is 1. The fourth-order valence-corrected chi connectivity index (χ4v) is 1.21. The minimum atomic E-state index is -0.995. The third-order valence-electron chi connectivity index (χ3n) is 1.97. The van der Waals surface area contributed by atoms with Crippen LogP contribution >= 0.6 is 0 Å². The van der Waals surface area contributed by atoms with Gasteiger partial charge >= 0.3 is 11.9 Å². The van der Waals surface area contributed by atoms with E-state index in [4.69, 9.17) is 15.6 Å². The molecule has 0 bridgehead atoms. The van der Waals surface area contributed by atoms with E-state index >= 15 is 0 Å². The van der Waals surface area contributed by atoms with Gasteiger partial charge in [0.25, 0.3) is 0 Å². The lowest BCUT2D eigenvalue weighted by atomic mass is 9.99. The van der Waals surface area contributed by atoms with Crippen molar-refractivity contribution in [3.63, 3.8) is 0 Å². The van der Waals surface area contributed by atoms with Gasteiger partial charge in [0.15, 0.2) is 0 Å². The molecule has 1 heterocycles. The number of ether oxygens (including phenoxy) is 1. The molecule has 1 saturated heterocycles. The average Bonchev–Trinajstić information content (AvgIpc) is 2.28. The topological polar surface area (TPSA) is 89.6 Å². The van der Waals surface area contributed by atoms with Crippen molar-refractivity contribution in [2.24, 2.45) is 11.7 Å². The van der Waals surface area contributed by atoms with Gasteiger partial charge in [-0.05, 0) is 6.92 Å². The van der Waals surface area contributed by atoms with Crippen LogP contribution in [-0.2, 0) is 14.3 Å². The normalized spacial score (nSPS) is 31.3. The summed E-state index contributed by atoms with van der Waals surface area (Å²) in [6, 6.07) is -0.483. The third kappa shape index (κ3) is 1.55. The fraction of sp³-hybridized carbons (Fsp3) is 0.714. The van der Waals surface area contributed by atoms with Gasteiger partial charge in [-0.25, -0.2) is 0 Å². The predicted molar refractivity (Wildman–Crippen MR) is 39.3 cm³/mol. The van der Waals surface area contributed by atoms with Crippen LogP contribution in [0, 0.1) is 5.92 Å². The van der Waals surface area contributed by atoms with Crippen molar-refractivity contribution in [1.82, 2.24) is 0 Å². The van der Waals surface area contributed by atoms with Crippen molar-refractivity contribution in [2.75, 3.05) is 0 Å². The van der Waals surface area contributed by atoms with E-state index < -0.39 is 30.0 Å². The Kier molecular flexibility index (Phi) is 2.32. The molecule has 0 saturated carbocycles. The van der Waals surface area contributed by atoms with E-state index in [1.165, 1.54) is 6.92 Å². The van der Waals surface area contributed by atoms with Crippen LogP contribution in [0.15, 0.2) is 0 Å². The fourth-order valence-electron chi connectivity index (χ4n) is 1.21. The van der Waals surface area contributed by atoms with Gasteiger partial charge in [-0.2, -0.15) is 0 Å². The molecule has 5 nitrogen and oxygen atoms in total. The summed E-state index contributed by atoms with van der Waals surface area (Å²) in [5, 5.41) is 8.60. The van der Waals surface area contributed by atoms with E-state index in [1.54, 1.807) is 0 Å². The van der Waals surface area contributed by atoms with Crippen LogP contribution in [-0.4, -0.2) is 29.2 Å². The Balaban J connectivity index is 2.63. The van der Waals surface area contributed by atoms with E-state index in [0.717, 1.165) is 0 Å². The standard InChI is InChI=1S/C7H11NO4/c1-3(7(10)11)6-4(8)2-5(9)12-6/h3-4,6H,2,8H2,1H3,(H,10,11). The monoisotopic (exact) mass is 173 g/mol. The maximum Gasteiger partial charge on any atom is 0.310 e. The number of carboxylic acids is 1. The zero-order valence-electron chi connectivity index (χ0n) is 6.69. The third-order valence-corrected chi connectivity index (χ3v) is 1.97. The maximum atomic E-state index is 10.7.